The van der Waals surface area contributed by atoms with E-state index in [1.807, 2.05) is 0 Å². The molecular weight excluding hydrogens is 136 g/mol. The molecule has 0 bridgehead atoms. The van der Waals surface area contributed by atoms with Gasteiger partial charge in [-0.3, -0.25) is 0 Å². The molecule has 4 N–H and O–H groups in total. The molecule has 2 atom stereocenters. The van der Waals surface area contributed by atoms with Crippen LogP contribution in [0.1, 0.15) is 6.42 Å². The lowest BCUT2D eigenvalue weighted by molar-refractivity contribution is 0.0321. The zero-order valence-corrected chi connectivity index (χ0v) is 5.64. The summed E-state index contributed by atoms with van der Waals surface area (Å²) in [5, 5.41) is 34.1. The molecule has 4 heteroatoms. The van der Waals surface area contributed by atoms with Gasteiger partial charge in [-0.1, -0.05) is 0 Å². The first-order valence-corrected chi connectivity index (χ1v) is 3.13. The summed E-state index contributed by atoms with van der Waals surface area (Å²) in [6, 6.07) is 0. The van der Waals surface area contributed by atoms with E-state index in [9.17, 15) is 0 Å². The highest BCUT2D eigenvalue weighted by molar-refractivity contribution is 4.73. The molecule has 61 valence electrons. The lowest BCUT2D eigenvalue weighted by Crippen LogP contribution is -2.25. The first-order valence-electron chi connectivity index (χ1n) is 3.13. The van der Waals surface area contributed by atoms with Crippen molar-refractivity contribution in [2.24, 2.45) is 5.92 Å². The Hall–Kier alpha value is -0.160. The Labute approximate surface area is 59.7 Å². The van der Waals surface area contributed by atoms with Crippen LogP contribution in [0, 0.1) is 12.5 Å². The zero-order valence-electron chi connectivity index (χ0n) is 5.64. The van der Waals surface area contributed by atoms with Crippen LogP contribution in [0.2, 0.25) is 0 Å². The van der Waals surface area contributed by atoms with E-state index in [-0.39, 0.29) is 13.0 Å². The van der Waals surface area contributed by atoms with Gasteiger partial charge in [0, 0.05) is 12.5 Å². The van der Waals surface area contributed by atoms with Crippen molar-refractivity contribution in [1.82, 2.24) is 0 Å². The Balaban J connectivity index is 3.56. The average molecular weight is 149 g/mol. The summed E-state index contributed by atoms with van der Waals surface area (Å²) in [5.74, 6) is -0.532. The van der Waals surface area contributed by atoms with Crippen LogP contribution in [0.15, 0.2) is 0 Å². The molecule has 0 amide bonds. The van der Waals surface area contributed by atoms with Crippen LogP contribution in [0.5, 0.6) is 0 Å². The fourth-order valence-corrected chi connectivity index (χ4v) is 0.651. The lowest BCUT2D eigenvalue weighted by atomic mass is 10.0. The van der Waals surface area contributed by atoms with Crippen molar-refractivity contribution in [1.29, 1.82) is 0 Å². The Morgan fingerprint density at radius 2 is 1.90 bits per heavy atom. The van der Waals surface area contributed by atoms with Crippen LogP contribution in [0.25, 0.3) is 0 Å². The molecule has 4 nitrogen and oxygen atoms in total. The van der Waals surface area contributed by atoms with Gasteiger partial charge in [0.15, 0.2) is 0 Å². The van der Waals surface area contributed by atoms with Gasteiger partial charge in [0.25, 0.3) is 0 Å². The minimum absolute atomic E-state index is 0.112. The molecule has 0 aromatic carbocycles. The quantitative estimate of drug-likeness (QED) is 0.399. The van der Waals surface area contributed by atoms with Crippen molar-refractivity contribution in [2.45, 2.75) is 12.5 Å². The van der Waals surface area contributed by atoms with Crippen molar-refractivity contribution in [3.8, 4) is 0 Å². The maximum absolute atomic E-state index is 8.90. The van der Waals surface area contributed by atoms with Gasteiger partial charge in [-0.05, 0) is 6.42 Å². The molecule has 0 heterocycles. The zero-order chi connectivity index (χ0) is 7.98. The summed E-state index contributed by atoms with van der Waals surface area (Å²) < 4.78 is 0. The number of hydrogen-bond acceptors (Lipinski definition) is 4. The second kappa shape index (κ2) is 5.61. The maximum atomic E-state index is 8.90. The highest BCUT2D eigenvalue weighted by atomic mass is 16.3. The predicted molar refractivity (Wildman–Crippen MR) is 34.5 cm³/mol. The molecule has 0 saturated carbocycles. The van der Waals surface area contributed by atoms with Crippen LogP contribution in [0.3, 0.4) is 0 Å². The number of rotatable bonds is 5. The van der Waals surface area contributed by atoms with E-state index in [0.29, 0.717) is 0 Å². The predicted octanol–water partition coefficient (Wildman–Crippen LogP) is -1.13. The molecule has 0 aromatic heterocycles. The minimum Gasteiger partial charge on any atom is -0.396 e. The van der Waals surface area contributed by atoms with Crippen LogP contribution < -0.4 is 0 Å². The van der Waals surface area contributed by atoms with Crippen LogP contribution in [-0.2, 0) is 0 Å². The third kappa shape index (κ3) is 3.12. The van der Waals surface area contributed by atoms with Gasteiger partial charge in [-0.15, -0.1) is 0 Å². The Bertz CT molecular complexity index is 76.1. The molecule has 10 heavy (non-hydrogen) atoms. The Morgan fingerprint density at radius 3 is 2.20 bits per heavy atom. The van der Waals surface area contributed by atoms with Gasteiger partial charge in [0.2, 0.25) is 0 Å². The van der Waals surface area contributed by atoms with Crippen LogP contribution in [0.4, 0.5) is 0 Å². The lowest BCUT2D eigenvalue weighted by Gasteiger charge is -2.16. The molecule has 0 aliphatic carbocycles. The summed E-state index contributed by atoms with van der Waals surface area (Å²) in [6.45, 7) is 0.275. The first-order chi connectivity index (χ1) is 4.76. The van der Waals surface area contributed by atoms with E-state index in [1.54, 1.807) is 0 Å². The van der Waals surface area contributed by atoms with E-state index in [4.69, 9.17) is 20.4 Å². The standard InChI is InChI=1S/C6H13O4/c7-2-1-5(3-8)6(10)4-9/h3,5-10H,1-2,4H2. The number of hydrogen-bond donors (Lipinski definition) is 4. The molecule has 0 aliphatic heterocycles. The molecular formula is C6H13O4. The molecule has 0 saturated heterocycles. The fourth-order valence-electron chi connectivity index (χ4n) is 0.651. The maximum Gasteiger partial charge on any atom is 0.0857 e. The molecule has 2 unspecified atom stereocenters. The fraction of sp³-hybridized carbons (Fsp3) is 0.833. The van der Waals surface area contributed by atoms with Gasteiger partial charge in [0.05, 0.1) is 19.3 Å². The van der Waals surface area contributed by atoms with Gasteiger partial charge in [0.1, 0.15) is 0 Å². The topological polar surface area (TPSA) is 80.9 Å². The monoisotopic (exact) mass is 149 g/mol. The second-order valence-corrected chi connectivity index (χ2v) is 2.08. The van der Waals surface area contributed by atoms with E-state index in [1.165, 1.54) is 0 Å². The number of aliphatic hydroxyl groups excluding tert-OH is 4. The van der Waals surface area contributed by atoms with Crippen molar-refractivity contribution in [3.63, 3.8) is 0 Å². The highest BCUT2D eigenvalue weighted by Gasteiger charge is 2.16. The summed E-state index contributed by atoms with van der Waals surface area (Å²) >= 11 is 0. The summed E-state index contributed by atoms with van der Waals surface area (Å²) in [7, 11) is 0. The highest BCUT2D eigenvalue weighted by Crippen LogP contribution is 2.09. The van der Waals surface area contributed by atoms with E-state index in [0.717, 1.165) is 6.61 Å². The number of aliphatic hydroxyl groups is 4. The van der Waals surface area contributed by atoms with Gasteiger partial charge >= 0.3 is 0 Å². The Morgan fingerprint density at radius 1 is 1.30 bits per heavy atom. The van der Waals surface area contributed by atoms with Crippen molar-refractivity contribution >= 4 is 0 Å². The molecule has 0 fully saturated rings. The van der Waals surface area contributed by atoms with Crippen LogP contribution in [-0.4, -0.2) is 39.7 Å². The first kappa shape index (κ1) is 9.84. The molecule has 0 aromatic rings. The summed E-state index contributed by atoms with van der Waals surface area (Å²) in [4.78, 5) is 0. The third-order valence-corrected chi connectivity index (χ3v) is 1.34. The molecule has 1 radical (unpaired) electrons. The third-order valence-electron chi connectivity index (χ3n) is 1.34. The summed E-state index contributed by atoms with van der Waals surface area (Å²) in [5.41, 5.74) is 0. The molecule has 0 rings (SSSR count). The Kier molecular flexibility index (Phi) is 5.52. The van der Waals surface area contributed by atoms with Gasteiger partial charge in [-0.2, -0.15) is 0 Å². The SMILES string of the molecule is O[CH]C(CCO)C(O)CO. The van der Waals surface area contributed by atoms with E-state index >= 15 is 0 Å². The van der Waals surface area contributed by atoms with E-state index in [2.05, 4.69) is 0 Å². The summed E-state index contributed by atoms with van der Waals surface area (Å²) in [6.07, 6.45) is -0.713. The van der Waals surface area contributed by atoms with Crippen LogP contribution >= 0.6 is 0 Å². The van der Waals surface area contributed by atoms with Gasteiger partial charge < -0.3 is 20.4 Å². The second-order valence-electron chi connectivity index (χ2n) is 2.08. The normalized spacial score (nSPS) is 16.8. The van der Waals surface area contributed by atoms with Crippen molar-refractivity contribution in [2.75, 3.05) is 13.2 Å². The largest absolute Gasteiger partial charge is 0.396 e. The molecule has 0 spiro atoms. The molecule has 0 aliphatic rings. The van der Waals surface area contributed by atoms with Gasteiger partial charge in [-0.25, -0.2) is 0 Å². The smallest absolute Gasteiger partial charge is 0.0857 e. The van der Waals surface area contributed by atoms with Crippen molar-refractivity contribution < 1.29 is 20.4 Å². The van der Waals surface area contributed by atoms with Crippen molar-refractivity contribution in [3.05, 3.63) is 6.61 Å². The minimum atomic E-state index is -0.975. The van der Waals surface area contributed by atoms with E-state index < -0.39 is 18.6 Å². The average Bonchev–Trinajstić information content (AvgIpc) is 1.99.